The topological polar surface area (TPSA) is 267 Å². The number of aromatic nitrogens is 6. The zero-order chi connectivity index (χ0) is 57.7. The maximum Gasteiger partial charge on any atom is 0.254 e. The first-order chi connectivity index (χ1) is 39.8. The molecule has 21 heteroatoms. The molecule has 6 amide bonds. The van der Waals surface area contributed by atoms with Crippen molar-refractivity contribution in [3.8, 4) is 39.5 Å². The fourth-order valence-electron chi connectivity index (χ4n) is 9.02. The summed E-state index contributed by atoms with van der Waals surface area (Å²) in [5, 5.41) is 17.6. The lowest BCUT2D eigenvalue weighted by atomic mass is 10.0. The second-order valence-corrected chi connectivity index (χ2v) is 19.4. The molecular formula is C61H54Cl2N12O7. The summed E-state index contributed by atoms with van der Waals surface area (Å²) in [4.78, 5) is 97.3. The predicted molar refractivity (Wildman–Crippen MR) is 314 cm³/mol. The molecule has 0 spiro atoms. The molecule has 19 nitrogen and oxygen atoms in total. The number of aromatic amines is 2. The third-order valence-corrected chi connectivity index (χ3v) is 13.7. The smallest absolute Gasteiger partial charge is 0.254 e. The van der Waals surface area contributed by atoms with Gasteiger partial charge in [0.15, 0.2) is 0 Å². The van der Waals surface area contributed by atoms with E-state index in [-0.39, 0.29) is 35.4 Å². The molecule has 9 aromatic rings. The number of hydrogen-bond donors (Lipinski definition) is 8. The van der Waals surface area contributed by atoms with Gasteiger partial charge in [-0.05, 0) is 88.5 Å². The normalized spacial score (nSPS) is 15.9. The number of carbonyl (C=O) groups excluding carboxylic acids is 6. The van der Waals surface area contributed by atoms with E-state index in [2.05, 4.69) is 61.8 Å². The Kier molecular flexibility index (Phi) is 18.2. The van der Waals surface area contributed by atoms with Gasteiger partial charge < -0.3 is 46.6 Å². The van der Waals surface area contributed by atoms with E-state index in [0.717, 1.165) is 50.5 Å². The van der Waals surface area contributed by atoms with E-state index in [1.54, 1.807) is 85.8 Å². The Labute approximate surface area is 481 Å². The van der Waals surface area contributed by atoms with Crippen LogP contribution in [0.1, 0.15) is 61.6 Å². The van der Waals surface area contributed by atoms with Crippen molar-refractivity contribution in [3.05, 3.63) is 214 Å². The molecule has 414 valence electrons. The highest BCUT2D eigenvalue weighted by molar-refractivity contribution is 6.31. The predicted octanol–water partition coefficient (Wildman–Crippen LogP) is 9.52. The van der Waals surface area contributed by atoms with Crippen LogP contribution in [0.25, 0.3) is 33.8 Å². The molecule has 3 atom stereocenters. The van der Waals surface area contributed by atoms with Crippen LogP contribution < -0.4 is 36.6 Å². The van der Waals surface area contributed by atoms with Crippen molar-refractivity contribution in [2.75, 3.05) is 23.1 Å². The van der Waals surface area contributed by atoms with E-state index in [4.69, 9.17) is 27.9 Å². The van der Waals surface area contributed by atoms with E-state index < -0.39 is 18.1 Å². The summed E-state index contributed by atoms with van der Waals surface area (Å²) in [7, 11) is 1.53. The first-order valence-electron chi connectivity index (χ1n) is 26.0. The molecule has 0 aliphatic carbocycles. The number of carbonyl (C=O) groups is 6. The molecule has 82 heavy (non-hydrogen) atoms. The number of amides is 6. The van der Waals surface area contributed by atoms with Crippen LogP contribution in [0.5, 0.6) is 5.75 Å². The first kappa shape index (κ1) is 56.7. The highest BCUT2D eigenvalue weighted by Crippen LogP contribution is 2.28. The molecule has 0 bridgehead atoms. The molecule has 3 aliphatic heterocycles. The number of nitrogens with one attached hydrogen (secondary N) is 8. The van der Waals surface area contributed by atoms with Gasteiger partial charge in [-0.3, -0.25) is 28.8 Å². The fraction of sp³-hybridized carbons (Fsp3) is 0.148. The molecule has 3 unspecified atom stereocenters. The van der Waals surface area contributed by atoms with Crippen LogP contribution in [0.2, 0.25) is 10.0 Å². The maximum absolute atomic E-state index is 12.6. The standard InChI is InChI=1S/C20H15ClN4O2.C20H18N4O3.C19H15ClN4O2.C2H6/c21-14-5-6-17-15(10-14)19(26)25-18(20(27)24-17)9-12-1-3-13(4-2-12)16-7-8-22-11-23-16;1-27-14-6-7-16-15(9-14)19(25)24-17(20(26)23-16)8-12-2-4-13(5-3-12)18-10-21-11-22-18;20-13-5-6-15-14(8-13)18(25)24-16(19(26)23-15)7-11-1-3-12(4-2-11)17-9-21-10-22-17;1-2/h1-8,10-11,18H,9H2,(H,24,27)(H,25,26);2-7,9-11,17H,8H2,1H3,(H,21,22)(H,23,26)(H,24,25);1-6,8-10,16H,7H2,(H,21,22)(H,23,26)(H,24,25);1-2H3. The largest absolute Gasteiger partial charge is 0.497 e. The Morgan fingerprint density at radius 1 is 0.463 bits per heavy atom. The number of fused-ring (bicyclic) bond motifs is 3. The van der Waals surface area contributed by atoms with Crippen molar-refractivity contribution in [2.24, 2.45) is 0 Å². The lowest BCUT2D eigenvalue weighted by Crippen LogP contribution is -2.42. The summed E-state index contributed by atoms with van der Waals surface area (Å²) in [6.45, 7) is 4.00. The number of hydrogen-bond acceptors (Lipinski definition) is 11. The number of anilines is 3. The van der Waals surface area contributed by atoms with E-state index in [0.29, 0.717) is 68.8 Å². The van der Waals surface area contributed by atoms with Gasteiger partial charge in [-0.15, -0.1) is 0 Å². The van der Waals surface area contributed by atoms with Gasteiger partial charge in [0.2, 0.25) is 17.7 Å². The summed E-state index contributed by atoms with van der Waals surface area (Å²) >= 11 is 11.9. The summed E-state index contributed by atoms with van der Waals surface area (Å²) < 4.78 is 5.16. The molecule has 3 aliphatic rings. The SMILES string of the molecule is CC.COc1ccc2c(c1)C(=O)NC(Cc1ccc(-c3cnc[nH]3)cc1)C(=O)N2.O=C1NC(Cc2ccc(-c3ccncn3)cc2)C(=O)Nc2ccc(Cl)cc21.O=C1NC(Cc2ccc(-c3cnc[nH]3)cc2)C(=O)Nc2ccc(Cl)cc21. The number of imidazole rings is 2. The van der Waals surface area contributed by atoms with Gasteiger partial charge >= 0.3 is 0 Å². The number of rotatable bonds is 10. The van der Waals surface area contributed by atoms with E-state index in [1.807, 2.05) is 92.7 Å². The Bertz CT molecular complexity index is 3740. The van der Waals surface area contributed by atoms with Crippen molar-refractivity contribution >= 4 is 75.7 Å². The van der Waals surface area contributed by atoms with Crippen LogP contribution >= 0.6 is 23.2 Å². The minimum absolute atomic E-state index is 0.245. The Morgan fingerprint density at radius 3 is 1.22 bits per heavy atom. The van der Waals surface area contributed by atoms with Crippen LogP contribution in [0, 0.1) is 0 Å². The van der Waals surface area contributed by atoms with Crippen LogP contribution in [0.4, 0.5) is 17.1 Å². The molecule has 12 rings (SSSR count). The average Bonchev–Trinajstić information content (AvgIpc) is 4.25. The number of methoxy groups -OCH3 is 1. The van der Waals surface area contributed by atoms with E-state index in [9.17, 15) is 28.8 Å². The lowest BCUT2D eigenvalue weighted by Gasteiger charge is -2.15. The molecule has 0 fully saturated rings. The quantitative estimate of drug-likeness (QED) is 0.0639. The first-order valence-corrected chi connectivity index (χ1v) is 26.7. The molecule has 0 saturated carbocycles. The molecule has 6 aromatic carbocycles. The number of nitrogens with zero attached hydrogens (tertiary/aromatic N) is 4. The van der Waals surface area contributed by atoms with Crippen LogP contribution in [-0.4, -0.2) is 90.6 Å². The highest BCUT2D eigenvalue weighted by Gasteiger charge is 2.31. The Balaban J connectivity index is 0.000000146. The van der Waals surface area contributed by atoms with Crippen molar-refractivity contribution in [1.29, 1.82) is 0 Å². The Morgan fingerprint density at radius 2 is 0.854 bits per heavy atom. The highest BCUT2D eigenvalue weighted by atomic mass is 35.5. The Hall–Kier alpha value is -9.98. The van der Waals surface area contributed by atoms with Crippen molar-refractivity contribution in [3.63, 3.8) is 0 Å². The number of halogens is 2. The maximum atomic E-state index is 12.6. The minimum atomic E-state index is -0.673. The minimum Gasteiger partial charge on any atom is -0.497 e. The van der Waals surface area contributed by atoms with Crippen molar-refractivity contribution in [1.82, 2.24) is 45.9 Å². The second kappa shape index (κ2) is 26.3. The summed E-state index contributed by atoms with van der Waals surface area (Å²) in [5.74, 6) is -1.15. The fourth-order valence-corrected chi connectivity index (χ4v) is 9.36. The average molecular weight is 1140 g/mol. The van der Waals surface area contributed by atoms with E-state index >= 15 is 0 Å². The van der Waals surface area contributed by atoms with Crippen molar-refractivity contribution < 1.29 is 33.5 Å². The van der Waals surface area contributed by atoms with Crippen LogP contribution in [0.3, 0.4) is 0 Å². The third kappa shape index (κ3) is 13.9. The van der Waals surface area contributed by atoms with Crippen molar-refractivity contribution in [2.45, 2.75) is 51.2 Å². The number of ether oxygens (including phenoxy) is 1. The zero-order valence-electron chi connectivity index (χ0n) is 44.4. The van der Waals surface area contributed by atoms with Crippen LogP contribution in [0.15, 0.2) is 171 Å². The summed E-state index contributed by atoms with van der Waals surface area (Å²) in [6, 6.07) is 37.8. The van der Waals surface area contributed by atoms with E-state index in [1.165, 1.54) is 13.4 Å². The van der Waals surface area contributed by atoms with Gasteiger partial charge in [-0.1, -0.05) is 110 Å². The molecule has 3 aromatic heterocycles. The van der Waals surface area contributed by atoms with Gasteiger partial charge in [0, 0.05) is 41.1 Å². The van der Waals surface area contributed by atoms with Gasteiger partial charge in [0.25, 0.3) is 17.7 Å². The van der Waals surface area contributed by atoms with Crippen LogP contribution in [-0.2, 0) is 33.6 Å². The zero-order valence-corrected chi connectivity index (χ0v) is 45.9. The molecular weight excluding hydrogens is 1080 g/mol. The summed E-state index contributed by atoms with van der Waals surface area (Å²) in [6.07, 6.45) is 11.1. The number of H-pyrrole nitrogens is 2. The monoisotopic (exact) mass is 1140 g/mol. The summed E-state index contributed by atoms with van der Waals surface area (Å²) in [5.41, 5.74) is 11.0. The van der Waals surface area contributed by atoms with Gasteiger partial charge in [0.05, 0.1) is 83.0 Å². The molecule has 6 heterocycles. The molecule has 0 saturated heterocycles. The third-order valence-electron chi connectivity index (χ3n) is 13.2. The molecule has 0 radical (unpaired) electrons. The van der Waals surface area contributed by atoms with Gasteiger partial charge in [-0.2, -0.15) is 0 Å². The van der Waals surface area contributed by atoms with Gasteiger partial charge in [0.1, 0.15) is 30.2 Å². The van der Waals surface area contributed by atoms with Gasteiger partial charge in [-0.25, -0.2) is 19.9 Å². The molecule has 8 N–H and O–H groups in total. The lowest BCUT2D eigenvalue weighted by molar-refractivity contribution is -0.118. The second-order valence-electron chi connectivity index (χ2n) is 18.6. The number of benzene rings is 6.